The number of ether oxygens (including phenoxy) is 1. The largest absolute Gasteiger partial charge is 0.491 e. The fraction of sp³-hybridized carbons (Fsp3) is 0.607. The summed E-state index contributed by atoms with van der Waals surface area (Å²) < 4.78 is 7.50. The highest BCUT2D eigenvalue weighted by atomic mass is 16.5. The first-order chi connectivity index (χ1) is 16.5. The fourth-order valence-electron chi connectivity index (χ4n) is 4.97. The second-order valence-corrected chi connectivity index (χ2v) is 11.6. The molecule has 7 nitrogen and oxygen atoms in total. The van der Waals surface area contributed by atoms with E-state index in [9.17, 15) is 9.59 Å². The van der Waals surface area contributed by atoms with Crippen LogP contribution in [0.2, 0.25) is 0 Å². The van der Waals surface area contributed by atoms with E-state index in [4.69, 9.17) is 9.84 Å². The molecule has 1 saturated carbocycles. The quantitative estimate of drug-likeness (QED) is 0.642. The maximum absolute atomic E-state index is 13.8. The molecule has 190 valence electrons. The number of nitrogens with zero attached hydrogens (tertiary/aromatic N) is 3. The molecule has 1 fully saturated rings. The Balaban J connectivity index is 1.66. The number of carbonyl (C=O) groups is 2. The van der Waals surface area contributed by atoms with Gasteiger partial charge < -0.3 is 15.0 Å². The molecule has 0 saturated heterocycles. The summed E-state index contributed by atoms with van der Waals surface area (Å²) in [5.41, 5.74) is 1.11. The van der Waals surface area contributed by atoms with Gasteiger partial charge in [0.15, 0.2) is 0 Å². The van der Waals surface area contributed by atoms with Crippen LogP contribution < -0.4 is 10.1 Å². The first kappa shape index (κ1) is 25.3. The van der Waals surface area contributed by atoms with Crippen LogP contribution in [0.1, 0.15) is 95.4 Å². The molecule has 2 heterocycles. The van der Waals surface area contributed by atoms with E-state index in [2.05, 4.69) is 26.1 Å². The SMILES string of the molecule is CC(C)Oc1ccc(CN2C(=O)c3cc(C(C)(C)C)nn3CC2(C)C(=O)NC2CCCCC2)cc1. The number of fused-ring (bicyclic) bond motifs is 1. The molecular weight excluding hydrogens is 440 g/mol. The number of nitrogens with one attached hydrogen (secondary N) is 1. The standard InChI is InChI=1S/C28H40N4O3/c1-19(2)35-22-14-12-20(13-15-22)17-31-25(33)23-16-24(27(3,4)5)30-32(23)18-28(31,6)26(34)29-21-10-8-7-9-11-21/h12-16,19,21H,7-11,17-18H2,1-6H3,(H,29,34). The van der Waals surface area contributed by atoms with E-state index in [-0.39, 0.29) is 29.4 Å². The van der Waals surface area contributed by atoms with Crippen molar-refractivity contribution in [1.82, 2.24) is 20.0 Å². The van der Waals surface area contributed by atoms with Crippen LogP contribution >= 0.6 is 0 Å². The van der Waals surface area contributed by atoms with Gasteiger partial charge in [0.05, 0.1) is 18.3 Å². The molecule has 1 N–H and O–H groups in total. The van der Waals surface area contributed by atoms with Crippen molar-refractivity contribution in [3.63, 3.8) is 0 Å². The van der Waals surface area contributed by atoms with E-state index in [0.717, 1.165) is 42.7 Å². The molecule has 1 unspecified atom stereocenters. The summed E-state index contributed by atoms with van der Waals surface area (Å²) >= 11 is 0. The maximum Gasteiger partial charge on any atom is 0.273 e. The molecule has 1 aromatic carbocycles. The van der Waals surface area contributed by atoms with Gasteiger partial charge >= 0.3 is 0 Å². The van der Waals surface area contributed by atoms with Gasteiger partial charge in [0, 0.05) is 18.0 Å². The Kier molecular flexibility index (Phi) is 6.98. The van der Waals surface area contributed by atoms with Gasteiger partial charge in [-0.3, -0.25) is 14.3 Å². The van der Waals surface area contributed by atoms with Crippen LogP contribution in [0.5, 0.6) is 5.75 Å². The number of hydrogen-bond donors (Lipinski definition) is 1. The summed E-state index contributed by atoms with van der Waals surface area (Å²) in [4.78, 5) is 29.3. The van der Waals surface area contributed by atoms with Gasteiger partial charge in [-0.2, -0.15) is 5.10 Å². The molecule has 0 spiro atoms. The Labute approximate surface area is 209 Å². The number of benzene rings is 1. The average molecular weight is 481 g/mol. The normalized spacial score (nSPS) is 21.2. The minimum Gasteiger partial charge on any atom is -0.491 e. The van der Waals surface area contributed by atoms with Crippen molar-refractivity contribution in [2.45, 2.75) is 110 Å². The summed E-state index contributed by atoms with van der Waals surface area (Å²) in [5.74, 6) is 0.526. The fourth-order valence-corrected chi connectivity index (χ4v) is 4.97. The Morgan fingerprint density at radius 2 is 1.83 bits per heavy atom. The minimum atomic E-state index is -1.05. The zero-order chi connectivity index (χ0) is 25.4. The summed E-state index contributed by atoms with van der Waals surface area (Å²) in [6, 6.07) is 9.83. The van der Waals surface area contributed by atoms with Crippen LogP contribution in [0.25, 0.3) is 0 Å². The summed E-state index contributed by atoms with van der Waals surface area (Å²) in [7, 11) is 0. The smallest absolute Gasteiger partial charge is 0.273 e. The molecule has 2 aliphatic rings. The lowest BCUT2D eigenvalue weighted by Gasteiger charge is -2.44. The van der Waals surface area contributed by atoms with Gasteiger partial charge in [-0.05, 0) is 57.4 Å². The molecule has 4 rings (SSSR count). The zero-order valence-corrected chi connectivity index (χ0v) is 22.1. The molecule has 1 aliphatic heterocycles. The first-order valence-electron chi connectivity index (χ1n) is 12.9. The van der Waals surface area contributed by atoms with Gasteiger partial charge in [0.25, 0.3) is 5.91 Å². The molecule has 35 heavy (non-hydrogen) atoms. The first-order valence-corrected chi connectivity index (χ1v) is 12.9. The van der Waals surface area contributed by atoms with Crippen LogP contribution in [0, 0.1) is 0 Å². The van der Waals surface area contributed by atoms with Crippen molar-refractivity contribution in [1.29, 1.82) is 0 Å². The Hall–Kier alpha value is -2.83. The third kappa shape index (κ3) is 5.39. The average Bonchev–Trinajstić information content (AvgIpc) is 3.22. The van der Waals surface area contributed by atoms with Gasteiger partial charge in [-0.1, -0.05) is 52.2 Å². The highest BCUT2D eigenvalue weighted by Crippen LogP contribution is 2.32. The van der Waals surface area contributed by atoms with Crippen LogP contribution in [0.15, 0.2) is 30.3 Å². The molecule has 1 aliphatic carbocycles. The van der Waals surface area contributed by atoms with E-state index >= 15 is 0 Å². The highest BCUT2D eigenvalue weighted by molar-refractivity contribution is 5.99. The Morgan fingerprint density at radius 3 is 2.43 bits per heavy atom. The molecule has 7 heteroatoms. The Bertz CT molecular complexity index is 1060. The number of rotatable bonds is 6. The molecule has 1 aromatic heterocycles. The highest BCUT2D eigenvalue weighted by Gasteiger charge is 2.48. The predicted octanol–water partition coefficient (Wildman–Crippen LogP) is 4.83. The number of hydrogen-bond acceptors (Lipinski definition) is 4. The predicted molar refractivity (Wildman–Crippen MR) is 136 cm³/mol. The lowest BCUT2D eigenvalue weighted by molar-refractivity contribution is -0.134. The van der Waals surface area contributed by atoms with E-state index < -0.39 is 5.54 Å². The molecule has 1 atom stereocenters. The summed E-state index contributed by atoms with van der Waals surface area (Å²) in [6.07, 6.45) is 5.56. The van der Waals surface area contributed by atoms with Crippen LogP contribution in [-0.2, 0) is 23.3 Å². The van der Waals surface area contributed by atoms with Crippen molar-refractivity contribution in [2.24, 2.45) is 0 Å². The number of amides is 2. The van der Waals surface area contributed by atoms with E-state index in [1.807, 2.05) is 51.1 Å². The number of aromatic nitrogens is 2. The lowest BCUT2D eigenvalue weighted by Crippen LogP contribution is -2.64. The monoisotopic (exact) mass is 480 g/mol. The van der Waals surface area contributed by atoms with Crippen LogP contribution in [0.3, 0.4) is 0 Å². The second-order valence-electron chi connectivity index (χ2n) is 11.6. The summed E-state index contributed by atoms with van der Waals surface area (Å²) in [6.45, 7) is 12.8. The molecule has 0 bridgehead atoms. The zero-order valence-electron chi connectivity index (χ0n) is 22.1. The maximum atomic E-state index is 13.8. The molecular formula is C28H40N4O3. The van der Waals surface area contributed by atoms with Crippen molar-refractivity contribution >= 4 is 11.8 Å². The van der Waals surface area contributed by atoms with Gasteiger partial charge in [-0.25, -0.2) is 0 Å². The Morgan fingerprint density at radius 1 is 1.17 bits per heavy atom. The molecule has 2 aromatic rings. The van der Waals surface area contributed by atoms with E-state index in [1.54, 1.807) is 9.58 Å². The molecule has 2 amide bonds. The third-order valence-electron chi connectivity index (χ3n) is 7.13. The lowest BCUT2D eigenvalue weighted by atomic mass is 9.90. The van der Waals surface area contributed by atoms with Crippen molar-refractivity contribution in [3.8, 4) is 5.75 Å². The van der Waals surface area contributed by atoms with Crippen LogP contribution in [0.4, 0.5) is 0 Å². The second kappa shape index (κ2) is 9.67. The third-order valence-corrected chi connectivity index (χ3v) is 7.13. The van der Waals surface area contributed by atoms with Gasteiger partial charge in [-0.15, -0.1) is 0 Å². The van der Waals surface area contributed by atoms with Gasteiger partial charge in [0.1, 0.15) is 17.0 Å². The van der Waals surface area contributed by atoms with Crippen molar-refractivity contribution < 1.29 is 14.3 Å². The number of carbonyl (C=O) groups excluding carboxylic acids is 2. The van der Waals surface area contributed by atoms with Gasteiger partial charge in [0.2, 0.25) is 5.91 Å². The van der Waals surface area contributed by atoms with E-state index in [0.29, 0.717) is 18.8 Å². The van der Waals surface area contributed by atoms with Crippen LogP contribution in [-0.4, -0.2) is 44.2 Å². The summed E-state index contributed by atoms with van der Waals surface area (Å²) in [5, 5.41) is 8.02. The van der Waals surface area contributed by atoms with E-state index in [1.165, 1.54) is 6.42 Å². The minimum absolute atomic E-state index is 0.0913. The van der Waals surface area contributed by atoms with Crippen molar-refractivity contribution in [3.05, 3.63) is 47.3 Å². The molecule has 0 radical (unpaired) electrons. The van der Waals surface area contributed by atoms with Crippen molar-refractivity contribution in [2.75, 3.05) is 0 Å². The topological polar surface area (TPSA) is 76.5 Å².